The number of hydrogen-bond acceptors (Lipinski definition) is 3. The lowest BCUT2D eigenvalue weighted by Crippen LogP contribution is -2.51. The summed E-state index contributed by atoms with van der Waals surface area (Å²) in [4.78, 5) is 29.2. The molecule has 2 N–H and O–H groups in total. The number of urea groups is 1. The number of nitrogens with one attached hydrogen (secondary N) is 2. The molecule has 0 aromatic carbocycles. The third-order valence-corrected chi connectivity index (χ3v) is 5.83. The van der Waals surface area contributed by atoms with Crippen molar-refractivity contribution in [3.63, 3.8) is 0 Å². The van der Waals surface area contributed by atoms with E-state index in [1.165, 1.54) is 12.8 Å². The zero-order chi connectivity index (χ0) is 16.9. The molecule has 0 bridgehead atoms. The van der Waals surface area contributed by atoms with Gasteiger partial charge in [0.25, 0.3) is 0 Å². The highest BCUT2D eigenvalue weighted by Gasteiger charge is 2.34. The van der Waals surface area contributed by atoms with E-state index in [9.17, 15) is 9.59 Å². The maximum atomic E-state index is 12.8. The number of likely N-dealkylation sites (tertiary alicyclic amines) is 2. The number of nitrogens with zero attached hydrogens (tertiary/aromatic N) is 2. The first-order valence-electron chi connectivity index (χ1n) is 9.66. The molecule has 7 heteroatoms. The largest absolute Gasteiger partial charge is 0.342 e. The lowest BCUT2D eigenvalue weighted by Gasteiger charge is -2.34. The van der Waals surface area contributed by atoms with Crippen molar-refractivity contribution < 1.29 is 9.59 Å². The first-order chi connectivity index (χ1) is 11.7. The summed E-state index contributed by atoms with van der Waals surface area (Å²) in [5, 5.41) is 6.36. The predicted molar refractivity (Wildman–Crippen MR) is 101 cm³/mol. The highest BCUT2D eigenvalue weighted by molar-refractivity contribution is 5.85. The predicted octanol–water partition coefficient (Wildman–Crippen LogP) is 1.84. The van der Waals surface area contributed by atoms with Gasteiger partial charge < -0.3 is 20.4 Å². The molecule has 0 radical (unpaired) electrons. The molecule has 3 amide bonds. The summed E-state index contributed by atoms with van der Waals surface area (Å²) in [5.41, 5.74) is 0. The minimum Gasteiger partial charge on any atom is -0.342 e. The molecule has 144 valence electrons. The van der Waals surface area contributed by atoms with Crippen molar-refractivity contribution in [2.45, 2.75) is 51.0 Å². The van der Waals surface area contributed by atoms with Crippen LogP contribution in [0.3, 0.4) is 0 Å². The number of carbonyl (C=O) groups excluding carboxylic acids is 2. The first kappa shape index (κ1) is 20.3. The van der Waals surface area contributed by atoms with Gasteiger partial charge in [-0.1, -0.05) is 12.8 Å². The SMILES string of the molecule is CNCC1CCN(C(=O)C2CCCN(C(=O)NC3CCCC3)C2)C1.Cl. The van der Waals surface area contributed by atoms with Gasteiger partial charge in [0.2, 0.25) is 5.91 Å². The smallest absolute Gasteiger partial charge is 0.317 e. The van der Waals surface area contributed by atoms with Gasteiger partial charge >= 0.3 is 6.03 Å². The molecule has 6 nitrogen and oxygen atoms in total. The summed E-state index contributed by atoms with van der Waals surface area (Å²) < 4.78 is 0. The lowest BCUT2D eigenvalue weighted by molar-refractivity contribution is -0.135. The molecule has 3 fully saturated rings. The number of rotatable bonds is 4. The van der Waals surface area contributed by atoms with Crippen molar-refractivity contribution in [1.82, 2.24) is 20.4 Å². The second-order valence-electron chi connectivity index (χ2n) is 7.71. The van der Waals surface area contributed by atoms with Gasteiger partial charge in [-0.2, -0.15) is 0 Å². The summed E-state index contributed by atoms with van der Waals surface area (Å²) in [6.07, 6.45) is 7.57. The van der Waals surface area contributed by atoms with Gasteiger partial charge in [-0.15, -0.1) is 12.4 Å². The van der Waals surface area contributed by atoms with E-state index in [2.05, 4.69) is 10.6 Å². The Morgan fingerprint density at radius 3 is 2.44 bits per heavy atom. The molecule has 2 unspecified atom stereocenters. The van der Waals surface area contributed by atoms with Crippen molar-refractivity contribution in [1.29, 1.82) is 0 Å². The van der Waals surface area contributed by atoms with E-state index in [0.29, 0.717) is 18.5 Å². The monoisotopic (exact) mass is 372 g/mol. The second-order valence-corrected chi connectivity index (χ2v) is 7.71. The van der Waals surface area contributed by atoms with Crippen LogP contribution in [0, 0.1) is 11.8 Å². The van der Waals surface area contributed by atoms with Crippen molar-refractivity contribution in [3.8, 4) is 0 Å². The van der Waals surface area contributed by atoms with Crippen molar-refractivity contribution in [2.24, 2.45) is 11.8 Å². The molecule has 3 rings (SSSR count). The quantitative estimate of drug-likeness (QED) is 0.791. The van der Waals surface area contributed by atoms with Gasteiger partial charge in [0.1, 0.15) is 0 Å². The third-order valence-electron chi connectivity index (χ3n) is 5.83. The van der Waals surface area contributed by atoms with E-state index < -0.39 is 0 Å². The van der Waals surface area contributed by atoms with Crippen LogP contribution in [0.4, 0.5) is 4.79 Å². The molecular formula is C18H33ClN4O2. The molecular weight excluding hydrogens is 340 g/mol. The Labute approximate surface area is 157 Å². The highest BCUT2D eigenvalue weighted by Crippen LogP contribution is 2.24. The van der Waals surface area contributed by atoms with Crippen molar-refractivity contribution >= 4 is 24.3 Å². The van der Waals surface area contributed by atoms with Crippen LogP contribution >= 0.6 is 12.4 Å². The summed E-state index contributed by atoms with van der Waals surface area (Å²) in [6, 6.07) is 0.378. The van der Waals surface area contributed by atoms with Crippen LogP contribution in [0.2, 0.25) is 0 Å². The lowest BCUT2D eigenvalue weighted by atomic mass is 9.96. The molecule has 1 aliphatic carbocycles. The number of halogens is 1. The molecule has 0 aromatic rings. The molecule has 0 spiro atoms. The van der Waals surface area contributed by atoms with Crippen LogP contribution in [0.25, 0.3) is 0 Å². The normalized spacial score (nSPS) is 27.2. The van der Waals surface area contributed by atoms with E-state index >= 15 is 0 Å². The van der Waals surface area contributed by atoms with Crippen LogP contribution in [0.15, 0.2) is 0 Å². The van der Waals surface area contributed by atoms with Gasteiger partial charge in [0.05, 0.1) is 5.92 Å². The van der Waals surface area contributed by atoms with Crippen LogP contribution in [-0.2, 0) is 4.79 Å². The van der Waals surface area contributed by atoms with Crippen LogP contribution in [0.1, 0.15) is 44.9 Å². The second kappa shape index (κ2) is 9.62. The summed E-state index contributed by atoms with van der Waals surface area (Å²) in [6.45, 7) is 4.08. The Morgan fingerprint density at radius 1 is 0.960 bits per heavy atom. The zero-order valence-corrected chi connectivity index (χ0v) is 16.2. The Bertz CT molecular complexity index is 456. The molecule has 1 saturated carbocycles. The molecule has 3 aliphatic rings. The molecule has 2 atom stereocenters. The van der Waals surface area contributed by atoms with Crippen LogP contribution in [0.5, 0.6) is 0 Å². The Kier molecular flexibility index (Phi) is 7.81. The van der Waals surface area contributed by atoms with E-state index in [4.69, 9.17) is 0 Å². The van der Waals surface area contributed by atoms with E-state index in [1.54, 1.807) is 0 Å². The Morgan fingerprint density at radius 2 is 1.72 bits per heavy atom. The molecule has 2 saturated heterocycles. The fraction of sp³-hybridized carbons (Fsp3) is 0.889. The van der Waals surface area contributed by atoms with Gasteiger partial charge in [-0.3, -0.25) is 4.79 Å². The fourth-order valence-electron chi connectivity index (χ4n) is 4.45. The van der Waals surface area contributed by atoms with E-state index in [-0.39, 0.29) is 30.3 Å². The van der Waals surface area contributed by atoms with Crippen molar-refractivity contribution in [2.75, 3.05) is 39.8 Å². The number of hydrogen-bond donors (Lipinski definition) is 2. The first-order valence-corrected chi connectivity index (χ1v) is 9.66. The number of amides is 3. The minimum atomic E-state index is -0.0126. The summed E-state index contributed by atoms with van der Waals surface area (Å²) >= 11 is 0. The van der Waals surface area contributed by atoms with E-state index in [1.807, 2.05) is 16.8 Å². The Hall–Kier alpha value is -1.01. The number of carbonyl (C=O) groups is 2. The summed E-state index contributed by atoms with van der Waals surface area (Å²) in [7, 11) is 1.96. The van der Waals surface area contributed by atoms with Gasteiger partial charge in [-0.05, 0) is 51.6 Å². The molecule has 25 heavy (non-hydrogen) atoms. The zero-order valence-electron chi connectivity index (χ0n) is 15.3. The Balaban J connectivity index is 0.00000225. The van der Waals surface area contributed by atoms with Crippen LogP contribution < -0.4 is 10.6 Å². The average Bonchev–Trinajstić information content (AvgIpc) is 3.26. The van der Waals surface area contributed by atoms with Gasteiger partial charge in [-0.25, -0.2) is 4.79 Å². The third kappa shape index (κ3) is 5.23. The van der Waals surface area contributed by atoms with Gasteiger partial charge in [0, 0.05) is 32.2 Å². The summed E-state index contributed by atoms with van der Waals surface area (Å²) in [5.74, 6) is 0.817. The van der Waals surface area contributed by atoms with Crippen LogP contribution in [-0.4, -0.2) is 67.6 Å². The average molecular weight is 373 g/mol. The fourth-order valence-corrected chi connectivity index (χ4v) is 4.45. The highest BCUT2D eigenvalue weighted by atomic mass is 35.5. The maximum Gasteiger partial charge on any atom is 0.317 e. The molecule has 2 heterocycles. The maximum absolute atomic E-state index is 12.8. The topological polar surface area (TPSA) is 64.7 Å². The molecule has 0 aromatic heterocycles. The standard InChI is InChI=1S/C18H32N4O2.ClH/c1-19-11-14-8-10-21(12-14)17(23)15-5-4-9-22(13-15)18(24)20-16-6-2-3-7-16;/h14-16,19H,2-13H2,1H3,(H,20,24);1H. The number of piperidine rings is 1. The molecule has 2 aliphatic heterocycles. The van der Waals surface area contributed by atoms with Crippen molar-refractivity contribution in [3.05, 3.63) is 0 Å². The van der Waals surface area contributed by atoms with E-state index in [0.717, 1.165) is 58.3 Å². The van der Waals surface area contributed by atoms with Gasteiger partial charge in [0.15, 0.2) is 0 Å². The minimum absolute atomic E-state index is 0.